The zero-order chi connectivity index (χ0) is 13.8. The summed E-state index contributed by atoms with van der Waals surface area (Å²) in [5, 5.41) is 3.00. The molecular weight excluding hydrogens is 236 g/mol. The van der Waals surface area contributed by atoms with Gasteiger partial charge in [0, 0.05) is 30.9 Å². The van der Waals surface area contributed by atoms with Crippen LogP contribution in [0.25, 0.3) is 0 Å². The van der Waals surface area contributed by atoms with Gasteiger partial charge < -0.3 is 10.2 Å². The van der Waals surface area contributed by atoms with Gasteiger partial charge in [-0.3, -0.25) is 4.79 Å². The zero-order valence-electron chi connectivity index (χ0n) is 12.2. The van der Waals surface area contributed by atoms with E-state index in [9.17, 15) is 4.79 Å². The van der Waals surface area contributed by atoms with Gasteiger partial charge in [0.15, 0.2) is 0 Å². The van der Waals surface area contributed by atoms with Crippen molar-refractivity contribution in [1.29, 1.82) is 0 Å². The zero-order valence-corrected chi connectivity index (χ0v) is 12.2. The van der Waals surface area contributed by atoms with E-state index in [1.54, 1.807) is 0 Å². The highest BCUT2D eigenvalue weighted by atomic mass is 16.1. The van der Waals surface area contributed by atoms with E-state index in [2.05, 4.69) is 43.1 Å². The van der Waals surface area contributed by atoms with Crippen LogP contribution in [0.5, 0.6) is 0 Å². The molecule has 0 atom stereocenters. The second-order valence-electron chi connectivity index (χ2n) is 5.84. The Balaban J connectivity index is 2.04. The van der Waals surface area contributed by atoms with Crippen LogP contribution in [-0.4, -0.2) is 19.0 Å². The molecule has 0 radical (unpaired) electrons. The molecule has 2 rings (SSSR count). The number of carbonyl (C=O) groups is 1. The molecule has 0 saturated carbocycles. The van der Waals surface area contributed by atoms with Crippen molar-refractivity contribution >= 4 is 17.3 Å². The number of nitrogens with zero attached hydrogens (tertiary/aromatic N) is 1. The van der Waals surface area contributed by atoms with Gasteiger partial charge in [-0.15, -0.1) is 0 Å². The Hall–Kier alpha value is -1.51. The number of hydrogen-bond donors (Lipinski definition) is 1. The molecule has 1 aromatic carbocycles. The van der Waals surface area contributed by atoms with Crippen LogP contribution in [0.3, 0.4) is 0 Å². The van der Waals surface area contributed by atoms with E-state index in [0.717, 1.165) is 24.3 Å². The summed E-state index contributed by atoms with van der Waals surface area (Å²) in [5.41, 5.74) is 3.35. The van der Waals surface area contributed by atoms with Crippen LogP contribution in [-0.2, 0) is 4.79 Å². The Morgan fingerprint density at radius 1 is 1.32 bits per heavy atom. The molecule has 3 heteroatoms. The molecule has 0 aromatic heterocycles. The maximum absolute atomic E-state index is 11.8. The standard InChI is InChI=1S/C16H24N2O/c1-12(2)10-16(19)17-15-7-6-14(11-13(15)3)18-8-4-5-9-18/h6-7,11-12H,4-5,8-10H2,1-3H3,(H,17,19). The molecule has 1 aliphatic heterocycles. The maximum Gasteiger partial charge on any atom is 0.224 e. The summed E-state index contributed by atoms with van der Waals surface area (Å²) >= 11 is 0. The average molecular weight is 260 g/mol. The van der Waals surface area contributed by atoms with Gasteiger partial charge in [0.25, 0.3) is 0 Å². The van der Waals surface area contributed by atoms with Gasteiger partial charge in [0.05, 0.1) is 0 Å². The molecule has 1 saturated heterocycles. The molecule has 0 aliphatic carbocycles. The third kappa shape index (κ3) is 3.72. The number of amides is 1. The Kier molecular flexibility index (Phi) is 4.46. The minimum Gasteiger partial charge on any atom is -0.372 e. The molecule has 104 valence electrons. The Labute approximate surface area is 116 Å². The summed E-state index contributed by atoms with van der Waals surface area (Å²) in [7, 11) is 0. The molecule has 19 heavy (non-hydrogen) atoms. The number of hydrogen-bond acceptors (Lipinski definition) is 2. The van der Waals surface area contributed by atoms with Crippen LogP contribution in [0.15, 0.2) is 18.2 Å². The first kappa shape index (κ1) is 13.9. The van der Waals surface area contributed by atoms with E-state index in [-0.39, 0.29) is 5.91 Å². The fourth-order valence-corrected chi connectivity index (χ4v) is 2.53. The lowest BCUT2D eigenvalue weighted by atomic mass is 10.1. The van der Waals surface area contributed by atoms with Crippen LogP contribution < -0.4 is 10.2 Å². The fraction of sp³-hybridized carbons (Fsp3) is 0.562. The van der Waals surface area contributed by atoms with Gasteiger partial charge in [-0.25, -0.2) is 0 Å². The van der Waals surface area contributed by atoms with E-state index in [4.69, 9.17) is 0 Å². The Morgan fingerprint density at radius 2 is 2.00 bits per heavy atom. The lowest BCUT2D eigenvalue weighted by Gasteiger charge is -2.19. The van der Waals surface area contributed by atoms with Crippen molar-refractivity contribution in [1.82, 2.24) is 0 Å². The molecule has 0 bridgehead atoms. The Bertz CT molecular complexity index is 448. The van der Waals surface area contributed by atoms with Crippen molar-refractivity contribution in [3.8, 4) is 0 Å². The summed E-state index contributed by atoms with van der Waals surface area (Å²) in [6.45, 7) is 8.48. The molecule has 3 nitrogen and oxygen atoms in total. The molecule has 0 spiro atoms. The predicted molar refractivity (Wildman–Crippen MR) is 80.7 cm³/mol. The normalized spacial score (nSPS) is 15.1. The van der Waals surface area contributed by atoms with Crippen LogP contribution in [0.4, 0.5) is 11.4 Å². The van der Waals surface area contributed by atoms with Gasteiger partial charge in [0.2, 0.25) is 5.91 Å². The van der Waals surface area contributed by atoms with Crippen molar-refractivity contribution < 1.29 is 4.79 Å². The molecule has 1 fully saturated rings. The average Bonchev–Trinajstić information content (AvgIpc) is 2.84. The first-order chi connectivity index (χ1) is 9.06. The first-order valence-corrected chi connectivity index (χ1v) is 7.21. The van der Waals surface area contributed by atoms with Crippen molar-refractivity contribution in [2.75, 3.05) is 23.3 Å². The highest BCUT2D eigenvalue weighted by Crippen LogP contribution is 2.25. The van der Waals surface area contributed by atoms with Crippen molar-refractivity contribution in [2.45, 2.75) is 40.0 Å². The third-order valence-electron chi connectivity index (χ3n) is 3.55. The lowest BCUT2D eigenvalue weighted by molar-refractivity contribution is -0.116. The van der Waals surface area contributed by atoms with Gasteiger partial charge >= 0.3 is 0 Å². The number of anilines is 2. The minimum atomic E-state index is 0.104. The second kappa shape index (κ2) is 6.09. The highest BCUT2D eigenvalue weighted by Gasteiger charge is 2.13. The molecule has 1 aromatic rings. The lowest BCUT2D eigenvalue weighted by Crippen LogP contribution is -2.18. The largest absolute Gasteiger partial charge is 0.372 e. The van der Waals surface area contributed by atoms with Gasteiger partial charge in [-0.2, -0.15) is 0 Å². The molecule has 1 amide bonds. The van der Waals surface area contributed by atoms with E-state index >= 15 is 0 Å². The fourth-order valence-electron chi connectivity index (χ4n) is 2.53. The van der Waals surface area contributed by atoms with Crippen LogP contribution in [0.1, 0.15) is 38.7 Å². The first-order valence-electron chi connectivity index (χ1n) is 7.21. The second-order valence-corrected chi connectivity index (χ2v) is 5.84. The Morgan fingerprint density at radius 3 is 2.58 bits per heavy atom. The van der Waals surface area contributed by atoms with E-state index in [1.165, 1.54) is 18.5 Å². The maximum atomic E-state index is 11.8. The van der Waals surface area contributed by atoms with Crippen LogP contribution >= 0.6 is 0 Å². The smallest absolute Gasteiger partial charge is 0.224 e. The summed E-state index contributed by atoms with van der Waals surface area (Å²) in [5.74, 6) is 0.496. The van der Waals surface area contributed by atoms with Gasteiger partial charge in [0.1, 0.15) is 0 Å². The quantitative estimate of drug-likeness (QED) is 0.897. The number of benzene rings is 1. The molecule has 0 unspecified atom stereocenters. The minimum absolute atomic E-state index is 0.104. The summed E-state index contributed by atoms with van der Waals surface area (Å²) < 4.78 is 0. The molecule has 1 aliphatic rings. The number of carbonyl (C=O) groups excluding carboxylic acids is 1. The van der Waals surface area contributed by atoms with Gasteiger partial charge in [-0.05, 0) is 49.4 Å². The summed E-state index contributed by atoms with van der Waals surface area (Å²) in [6, 6.07) is 6.32. The highest BCUT2D eigenvalue weighted by molar-refractivity contribution is 5.91. The van der Waals surface area contributed by atoms with Crippen LogP contribution in [0, 0.1) is 12.8 Å². The number of rotatable bonds is 4. The molecule has 1 heterocycles. The monoisotopic (exact) mass is 260 g/mol. The van der Waals surface area contributed by atoms with E-state index in [1.807, 2.05) is 6.07 Å². The SMILES string of the molecule is Cc1cc(N2CCCC2)ccc1NC(=O)CC(C)C. The van der Waals surface area contributed by atoms with E-state index in [0.29, 0.717) is 12.3 Å². The summed E-state index contributed by atoms with van der Waals surface area (Å²) in [6.07, 6.45) is 3.14. The predicted octanol–water partition coefficient (Wildman–Crippen LogP) is 3.58. The molecule has 1 N–H and O–H groups in total. The van der Waals surface area contributed by atoms with E-state index < -0.39 is 0 Å². The van der Waals surface area contributed by atoms with Crippen LogP contribution in [0.2, 0.25) is 0 Å². The van der Waals surface area contributed by atoms with Crippen molar-refractivity contribution in [3.63, 3.8) is 0 Å². The third-order valence-corrected chi connectivity index (χ3v) is 3.55. The van der Waals surface area contributed by atoms with Gasteiger partial charge in [-0.1, -0.05) is 13.8 Å². The topological polar surface area (TPSA) is 32.3 Å². The number of nitrogens with one attached hydrogen (secondary N) is 1. The summed E-state index contributed by atoms with van der Waals surface area (Å²) in [4.78, 5) is 14.2. The molecular formula is C16H24N2O. The van der Waals surface area contributed by atoms with Crippen molar-refractivity contribution in [3.05, 3.63) is 23.8 Å². The number of aryl methyl sites for hydroxylation is 1. The van der Waals surface area contributed by atoms with Crippen molar-refractivity contribution in [2.24, 2.45) is 5.92 Å².